The van der Waals surface area contributed by atoms with Crippen molar-refractivity contribution in [2.24, 2.45) is 0 Å². The molecule has 0 atom stereocenters. The Morgan fingerprint density at radius 1 is 1.03 bits per heavy atom. The van der Waals surface area contributed by atoms with Gasteiger partial charge in [0.2, 0.25) is 5.91 Å². The van der Waals surface area contributed by atoms with Crippen molar-refractivity contribution in [3.63, 3.8) is 0 Å². The second kappa shape index (κ2) is 10.7. The van der Waals surface area contributed by atoms with E-state index >= 15 is 0 Å². The Kier molecular flexibility index (Phi) is 7.25. The van der Waals surface area contributed by atoms with Crippen molar-refractivity contribution in [3.05, 3.63) is 95.3 Å². The number of thioether (sulfide) groups is 1. The number of carbonyl (C=O) groups excluding carboxylic acids is 1. The lowest BCUT2D eigenvalue weighted by Crippen LogP contribution is -2.15. The number of anilines is 1. The van der Waals surface area contributed by atoms with Gasteiger partial charge < -0.3 is 10.1 Å². The van der Waals surface area contributed by atoms with Gasteiger partial charge in [0.1, 0.15) is 12.4 Å². The Balaban J connectivity index is 1.49. The van der Waals surface area contributed by atoms with Gasteiger partial charge in [-0.05, 0) is 48.5 Å². The molecule has 0 aliphatic rings. The molecule has 0 saturated carbocycles. The highest BCUT2D eigenvalue weighted by atomic mass is 35.5. The minimum absolute atomic E-state index is 0.132. The highest BCUT2D eigenvalue weighted by Crippen LogP contribution is 2.25. The first-order chi connectivity index (χ1) is 16.1. The maximum absolute atomic E-state index is 12.5. The van der Waals surface area contributed by atoms with Crippen molar-refractivity contribution < 1.29 is 9.53 Å². The molecule has 0 bridgehead atoms. The standard InChI is InChI=1S/C24H18ClN5O2S/c25-20-8-4-5-9-21(20)27-23(31)16-33-24-29-28-22(30(24)18-6-2-1-3-7-18)15-32-19-12-10-17(14-26)11-13-19/h1-13H,15-16H2,(H,27,31). The molecule has 7 nitrogen and oxygen atoms in total. The molecule has 0 spiro atoms. The maximum Gasteiger partial charge on any atom is 0.234 e. The molecule has 1 N–H and O–H groups in total. The summed E-state index contributed by atoms with van der Waals surface area (Å²) in [5.41, 5.74) is 1.98. The van der Waals surface area contributed by atoms with Crippen molar-refractivity contribution in [2.75, 3.05) is 11.1 Å². The minimum atomic E-state index is -0.203. The van der Waals surface area contributed by atoms with Crippen LogP contribution in [0.1, 0.15) is 11.4 Å². The van der Waals surface area contributed by atoms with Crippen LogP contribution in [-0.2, 0) is 11.4 Å². The third-order valence-electron chi connectivity index (χ3n) is 4.55. The SMILES string of the molecule is N#Cc1ccc(OCc2nnc(SCC(=O)Nc3ccccc3Cl)n2-c2ccccc2)cc1. The molecular formula is C24H18ClN5O2S. The van der Waals surface area contributed by atoms with Crippen molar-refractivity contribution in [3.8, 4) is 17.5 Å². The molecule has 4 rings (SSSR count). The van der Waals surface area contributed by atoms with Gasteiger partial charge in [-0.1, -0.05) is 53.7 Å². The van der Waals surface area contributed by atoms with Gasteiger partial charge in [-0.15, -0.1) is 10.2 Å². The summed E-state index contributed by atoms with van der Waals surface area (Å²) in [6.45, 7) is 0.167. The number of nitriles is 1. The summed E-state index contributed by atoms with van der Waals surface area (Å²) in [6.07, 6.45) is 0. The summed E-state index contributed by atoms with van der Waals surface area (Å²) in [5, 5.41) is 21.3. The summed E-state index contributed by atoms with van der Waals surface area (Å²) in [7, 11) is 0. The fourth-order valence-electron chi connectivity index (χ4n) is 2.98. The maximum atomic E-state index is 12.5. The highest BCUT2D eigenvalue weighted by Gasteiger charge is 2.17. The van der Waals surface area contributed by atoms with Crippen molar-refractivity contribution in [1.82, 2.24) is 14.8 Å². The van der Waals surface area contributed by atoms with E-state index < -0.39 is 0 Å². The van der Waals surface area contributed by atoms with Gasteiger partial charge in [0.05, 0.1) is 28.1 Å². The molecule has 3 aromatic carbocycles. The predicted octanol–water partition coefficient (Wildman–Crippen LogP) is 5.10. The molecule has 0 unspecified atom stereocenters. The van der Waals surface area contributed by atoms with Crippen LogP contribution in [0.15, 0.2) is 84.0 Å². The van der Waals surface area contributed by atoms with E-state index in [0.717, 1.165) is 5.69 Å². The first-order valence-electron chi connectivity index (χ1n) is 9.94. The summed E-state index contributed by atoms with van der Waals surface area (Å²) in [6, 6.07) is 25.6. The predicted molar refractivity (Wildman–Crippen MR) is 128 cm³/mol. The Bertz CT molecular complexity index is 1290. The van der Waals surface area contributed by atoms with Gasteiger partial charge in [-0.2, -0.15) is 5.26 Å². The fraction of sp³-hybridized carbons (Fsp3) is 0.0833. The van der Waals surface area contributed by atoms with Gasteiger partial charge in [0.25, 0.3) is 0 Å². The number of nitrogens with one attached hydrogen (secondary N) is 1. The second-order valence-corrected chi connectivity index (χ2v) is 8.16. The molecule has 164 valence electrons. The highest BCUT2D eigenvalue weighted by molar-refractivity contribution is 7.99. The van der Waals surface area contributed by atoms with Crippen molar-refractivity contribution >= 4 is 35.0 Å². The monoisotopic (exact) mass is 475 g/mol. The van der Waals surface area contributed by atoms with E-state index in [9.17, 15) is 4.79 Å². The van der Waals surface area contributed by atoms with Crippen LogP contribution in [0.25, 0.3) is 5.69 Å². The van der Waals surface area contributed by atoms with Gasteiger partial charge in [0.15, 0.2) is 11.0 Å². The van der Waals surface area contributed by atoms with E-state index in [2.05, 4.69) is 21.6 Å². The largest absolute Gasteiger partial charge is 0.486 e. The number of hydrogen-bond donors (Lipinski definition) is 1. The van der Waals surface area contributed by atoms with Crippen molar-refractivity contribution in [2.45, 2.75) is 11.8 Å². The number of halogens is 1. The first-order valence-corrected chi connectivity index (χ1v) is 11.3. The van der Waals surface area contributed by atoms with Crippen molar-refractivity contribution in [1.29, 1.82) is 5.26 Å². The Morgan fingerprint density at radius 3 is 2.48 bits per heavy atom. The van der Waals surface area contributed by atoms with E-state index in [4.69, 9.17) is 21.6 Å². The molecule has 1 aromatic heterocycles. The van der Waals surface area contributed by atoms with Gasteiger partial charge >= 0.3 is 0 Å². The lowest BCUT2D eigenvalue weighted by molar-refractivity contribution is -0.113. The number of rotatable bonds is 8. The average molecular weight is 476 g/mol. The number of aromatic nitrogens is 3. The Labute approximate surface area is 200 Å². The lowest BCUT2D eigenvalue weighted by Gasteiger charge is -2.11. The number of benzene rings is 3. The number of nitrogens with zero attached hydrogens (tertiary/aromatic N) is 4. The Morgan fingerprint density at radius 2 is 1.76 bits per heavy atom. The normalized spacial score (nSPS) is 10.4. The summed E-state index contributed by atoms with van der Waals surface area (Å²) in [4.78, 5) is 12.5. The molecule has 0 radical (unpaired) electrons. The van der Waals surface area contributed by atoms with Crippen LogP contribution in [0.5, 0.6) is 5.75 Å². The molecule has 33 heavy (non-hydrogen) atoms. The number of para-hydroxylation sites is 2. The fourth-order valence-corrected chi connectivity index (χ4v) is 3.93. The summed E-state index contributed by atoms with van der Waals surface area (Å²) >= 11 is 7.38. The second-order valence-electron chi connectivity index (χ2n) is 6.81. The number of ether oxygens (including phenoxy) is 1. The molecule has 0 saturated heterocycles. The number of hydrogen-bond acceptors (Lipinski definition) is 6. The zero-order valence-electron chi connectivity index (χ0n) is 17.3. The Hall–Kier alpha value is -3.80. The molecule has 0 aliphatic heterocycles. The first kappa shape index (κ1) is 22.4. The number of amides is 1. The van der Waals surface area contributed by atoms with E-state index in [1.807, 2.05) is 34.9 Å². The molecule has 9 heteroatoms. The van der Waals surface area contributed by atoms with Gasteiger partial charge in [0, 0.05) is 5.69 Å². The minimum Gasteiger partial charge on any atom is -0.486 e. The smallest absolute Gasteiger partial charge is 0.234 e. The third kappa shape index (κ3) is 5.71. The van der Waals surface area contributed by atoms with Gasteiger partial charge in [-0.25, -0.2) is 0 Å². The van der Waals surface area contributed by atoms with Gasteiger partial charge in [-0.3, -0.25) is 9.36 Å². The molecule has 1 heterocycles. The zero-order valence-corrected chi connectivity index (χ0v) is 18.9. The summed E-state index contributed by atoms with van der Waals surface area (Å²) in [5.74, 6) is 1.13. The number of carbonyl (C=O) groups is 1. The van der Waals surface area contributed by atoms with Crippen LogP contribution in [0.3, 0.4) is 0 Å². The third-order valence-corrected chi connectivity index (χ3v) is 5.80. The van der Waals surface area contributed by atoms with Crippen LogP contribution in [-0.4, -0.2) is 26.4 Å². The average Bonchev–Trinajstić information content (AvgIpc) is 3.26. The van der Waals surface area contributed by atoms with E-state index in [1.54, 1.807) is 48.5 Å². The van der Waals surface area contributed by atoms with Crippen LogP contribution in [0.2, 0.25) is 5.02 Å². The lowest BCUT2D eigenvalue weighted by atomic mass is 10.2. The summed E-state index contributed by atoms with van der Waals surface area (Å²) < 4.78 is 7.71. The molecule has 0 fully saturated rings. The van der Waals surface area contributed by atoms with E-state index in [0.29, 0.717) is 33.0 Å². The quantitative estimate of drug-likeness (QED) is 0.356. The topological polar surface area (TPSA) is 92.8 Å². The van der Waals surface area contributed by atoms with Crippen LogP contribution < -0.4 is 10.1 Å². The van der Waals surface area contributed by atoms with Crippen LogP contribution in [0.4, 0.5) is 5.69 Å². The van der Waals surface area contributed by atoms with E-state index in [-0.39, 0.29) is 18.3 Å². The molecule has 4 aromatic rings. The molecular weight excluding hydrogens is 458 g/mol. The molecule has 1 amide bonds. The van der Waals surface area contributed by atoms with Crippen LogP contribution >= 0.6 is 23.4 Å². The molecule has 0 aliphatic carbocycles. The van der Waals surface area contributed by atoms with E-state index in [1.165, 1.54) is 11.8 Å². The zero-order chi connectivity index (χ0) is 23.0. The van der Waals surface area contributed by atoms with Crippen LogP contribution in [0, 0.1) is 11.3 Å².